The minimum Gasteiger partial charge on any atom is -0.395 e. The number of aromatic amines is 1. The second-order valence-electron chi connectivity index (χ2n) is 3.85. The Morgan fingerprint density at radius 2 is 2.24 bits per heavy atom. The van der Waals surface area contributed by atoms with Crippen LogP contribution in [0.25, 0.3) is 0 Å². The second-order valence-corrected chi connectivity index (χ2v) is 3.85. The minimum atomic E-state index is -3.25. The zero-order valence-electron chi connectivity index (χ0n) is 8.69. The van der Waals surface area contributed by atoms with Crippen LogP contribution < -0.4 is 16.6 Å². The molecule has 1 aromatic heterocycles. The van der Waals surface area contributed by atoms with Crippen molar-refractivity contribution in [3.63, 3.8) is 0 Å². The molecule has 2 rings (SSSR count). The Bertz CT molecular complexity index is 525. The Labute approximate surface area is 93.9 Å². The summed E-state index contributed by atoms with van der Waals surface area (Å²) in [5.74, 6) is -3.25. The molecular weight excluding hydrogens is 236 g/mol. The second kappa shape index (κ2) is 4.04. The fourth-order valence-corrected chi connectivity index (χ4v) is 1.90. The number of halogens is 2. The van der Waals surface area contributed by atoms with Crippen molar-refractivity contribution in [1.29, 1.82) is 0 Å². The maximum absolute atomic E-state index is 13.8. The summed E-state index contributed by atoms with van der Waals surface area (Å²) in [5, 5.41) is 11.2. The third-order valence-corrected chi connectivity index (χ3v) is 2.84. The standard InChI is InChI=1S/C9H11F2N3O3/c10-9(11)5(4-15)12-3-6(9)14-2-1-7(16)13-8(14)17/h1-2,5-6,12,15H,3-4H2,(H,13,16,17)/t5-,6+/m1/s1. The highest BCUT2D eigenvalue weighted by atomic mass is 19.3. The lowest BCUT2D eigenvalue weighted by Gasteiger charge is -2.23. The van der Waals surface area contributed by atoms with Gasteiger partial charge in [-0.05, 0) is 0 Å². The number of aliphatic hydroxyl groups is 1. The van der Waals surface area contributed by atoms with Crippen molar-refractivity contribution in [2.24, 2.45) is 0 Å². The van der Waals surface area contributed by atoms with E-state index in [1.165, 1.54) is 0 Å². The van der Waals surface area contributed by atoms with Gasteiger partial charge in [-0.25, -0.2) is 13.6 Å². The van der Waals surface area contributed by atoms with Gasteiger partial charge in [0.05, 0.1) is 12.6 Å². The summed E-state index contributed by atoms with van der Waals surface area (Å²) in [6.45, 7) is -0.869. The van der Waals surface area contributed by atoms with Gasteiger partial charge in [0.1, 0.15) is 6.04 Å². The van der Waals surface area contributed by atoms with Crippen LogP contribution in [0, 0.1) is 0 Å². The van der Waals surface area contributed by atoms with E-state index in [2.05, 4.69) is 5.32 Å². The number of nitrogens with zero attached hydrogens (tertiary/aromatic N) is 1. The summed E-state index contributed by atoms with van der Waals surface area (Å²) in [6.07, 6.45) is 1.03. The van der Waals surface area contributed by atoms with Gasteiger partial charge in [-0.2, -0.15) is 0 Å². The lowest BCUT2D eigenvalue weighted by atomic mass is 10.1. The van der Waals surface area contributed by atoms with Gasteiger partial charge in [-0.1, -0.05) is 0 Å². The first-order valence-corrected chi connectivity index (χ1v) is 5.00. The average molecular weight is 247 g/mol. The third kappa shape index (κ3) is 1.89. The van der Waals surface area contributed by atoms with E-state index in [0.717, 1.165) is 16.8 Å². The van der Waals surface area contributed by atoms with Crippen molar-refractivity contribution < 1.29 is 13.9 Å². The first-order valence-electron chi connectivity index (χ1n) is 5.00. The lowest BCUT2D eigenvalue weighted by Crippen LogP contribution is -2.44. The van der Waals surface area contributed by atoms with Gasteiger partial charge >= 0.3 is 5.69 Å². The van der Waals surface area contributed by atoms with Crippen LogP contribution in [0.15, 0.2) is 21.9 Å². The van der Waals surface area contributed by atoms with E-state index < -0.39 is 35.9 Å². The van der Waals surface area contributed by atoms with Crippen LogP contribution in [0.1, 0.15) is 6.04 Å². The smallest absolute Gasteiger partial charge is 0.328 e. The van der Waals surface area contributed by atoms with Crippen LogP contribution in [0.2, 0.25) is 0 Å². The first-order chi connectivity index (χ1) is 7.96. The van der Waals surface area contributed by atoms with E-state index in [1.54, 1.807) is 0 Å². The van der Waals surface area contributed by atoms with Crippen LogP contribution in [-0.4, -0.2) is 39.8 Å². The minimum absolute atomic E-state index is 0.149. The highest BCUT2D eigenvalue weighted by molar-refractivity contribution is 5.02. The van der Waals surface area contributed by atoms with Gasteiger partial charge < -0.3 is 10.4 Å². The third-order valence-electron chi connectivity index (χ3n) is 2.84. The molecule has 0 unspecified atom stereocenters. The Hall–Kier alpha value is -1.54. The summed E-state index contributed by atoms with van der Waals surface area (Å²) in [7, 11) is 0. The Balaban J connectivity index is 2.42. The number of aliphatic hydroxyl groups excluding tert-OH is 1. The average Bonchev–Trinajstić information content (AvgIpc) is 2.54. The van der Waals surface area contributed by atoms with E-state index in [9.17, 15) is 18.4 Å². The van der Waals surface area contributed by atoms with Gasteiger partial charge in [-0.3, -0.25) is 14.3 Å². The van der Waals surface area contributed by atoms with Crippen LogP contribution in [-0.2, 0) is 0 Å². The molecule has 1 aliphatic heterocycles. The molecule has 1 fully saturated rings. The van der Waals surface area contributed by atoms with Crippen LogP contribution >= 0.6 is 0 Å². The summed E-state index contributed by atoms with van der Waals surface area (Å²) in [6, 6.07) is -1.79. The fraction of sp³-hybridized carbons (Fsp3) is 0.556. The van der Waals surface area contributed by atoms with Crippen LogP contribution in [0.5, 0.6) is 0 Å². The molecule has 0 amide bonds. The summed E-state index contributed by atoms with van der Waals surface area (Å²) in [5.41, 5.74) is -1.53. The fourth-order valence-electron chi connectivity index (χ4n) is 1.90. The van der Waals surface area contributed by atoms with E-state index in [1.807, 2.05) is 4.98 Å². The molecule has 0 aliphatic carbocycles. The highest BCUT2D eigenvalue weighted by Crippen LogP contribution is 2.35. The summed E-state index contributed by atoms with van der Waals surface area (Å²) < 4.78 is 28.3. The van der Waals surface area contributed by atoms with Crippen molar-refractivity contribution in [2.45, 2.75) is 18.0 Å². The van der Waals surface area contributed by atoms with Gasteiger partial charge in [0.2, 0.25) is 0 Å². The predicted molar refractivity (Wildman–Crippen MR) is 54.2 cm³/mol. The highest BCUT2D eigenvalue weighted by Gasteiger charge is 2.53. The Morgan fingerprint density at radius 3 is 2.76 bits per heavy atom. The van der Waals surface area contributed by atoms with E-state index >= 15 is 0 Å². The molecule has 1 aromatic rings. The van der Waals surface area contributed by atoms with Gasteiger partial charge in [0.25, 0.3) is 11.5 Å². The molecule has 0 spiro atoms. The molecule has 94 valence electrons. The van der Waals surface area contributed by atoms with E-state index in [4.69, 9.17) is 5.11 Å². The Kier molecular flexibility index (Phi) is 2.84. The number of rotatable bonds is 2. The molecular formula is C9H11F2N3O3. The maximum atomic E-state index is 13.8. The van der Waals surface area contributed by atoms with Crippen molar-refractivity contribution in [3.05, 3.63) is 33.1 Å². The first kappa shape index (κ1) is 11.9. The van der Waals surface area contributed by atoms with E-state index in [0.29, 0.717) is 0 Å². The largest absolute Gasteiger partial charge is 0.395 e. The number of hydrogen-bond donors (Lipinski definition) is 3. The normalized spacial score (nSPS) is 27.2. The number of nitrogens with one attached hydrogen (secondary N) is 2. The number of H-pyrrole nitrogens is 1. The van der Waals surface area contributed by atoms with Gasteiger partial charge in [0, 0.05) is 18.8 Å². The molecule has 2 heterocycles. The summed E-state index contributed by atoms with van der Waals surface area (Å²) in [4.78, 5) is 24.1. The quantitative estimate of drug-likeness (QED) is 0.604. The molecule has 3 N–H and O–H groups in total. The molecule has 8 heteroatoms. The molecule has 0 aromatic carbocycles. The molecule has 2 atom stereocenters. The van der Waals surface area contributed by atoms with Gasteiger partial charge in [0.15, 0.2) is 0 Å². The lowest BCUT2D eigenvalue weighted by molar-refractivity contribution is -0.0586. The number of aromatic nitrogens is 2. The van der Waals surface area contributed by atoms with Gasteiger partial charge in [-0.15, -0.1) is 0 Å². The van der Waals surface area contributed by atoms with Crippen LogP contribution in [0.4, 0.5) is 8.78 Å². The van der Waals surface area contributed by atoms with Crippen molar-refractivity contribution >= 4 is 0 Å². The monoisotopic (exact) mass is 247 g/mol. The Morgan fingerprint density at radius 1 is 1.53 bits per heavy atom. The zero-order valence-corrected chi connectivity index (χ0v) is 8.69. The number of alkyl halides is 2. The molecule has 0 bridgehead atoms. The number of hydrogen-bond acceptors (Lipinski definition) is 4. The van der Waals surface area contributed by atoms with Crippen molar-refractivity contribution in [2.75, 3.05) is 13.2 Å². The molecule has 1 saturated heterocycles. The molecule has 17 heavy (non-hydrogen) atoms. The molecule has 0 radical (unpaired) electrons. The summed E-state index contributed by atoms with van der Waals surface area (Å²) >= 11 is 0. The SMILES string of the molecule is O=c1ccn([C@H]2CN[C@H](CO)C2(F)F)c(=O)[nH]1. The van der Waals surface area contributed by atoms with Crippen molar-refractivity contribution in [3.8, 4) is 0 Å². The van der Waals surface area contributed by atoms with E-state index in [-0.39, 0.29) is 6.54 Å². The van der Waals surface area contributed by atoms with Crippen LogP contribution in [0.3, 0.4) is 0 Å². The topological polar surface area (TPSA) is 87.1 Å². The zero-order chi connectivity index (χ0) is 12.6. The molecule has 6 nitrogen and oxygen atoms in total. The predicted octanol–water partition coefficient (Wildman–Crippen LogP) is -1.32. The molecule has 0 saturated carbocycles. The molecule has 1 aliphatic rings. The maximum Gasteiger partial charge on any atom is 0.328 e. The van der Waals surface area contributed by atoms with Crippen molar-refractivity contribution in [1.82, 2.24) is 14.9 Å².